The number of carbonyl (C=O) groups is 1. The van der Waals surface area contributed by atoms with E-state index in [4.69, 9.17) is 10.00 Å². The van der Waals surface area contributed by atoms with E-state index >= 15 is 0 Å². The third kappa shape index (κ3) is 5.26. The van der Waals surface area contributed by atoms with E-state index in [0.29, 0.717) is 18.7 Å². The second-order valence-electron chi connectivity index (χ2n) is 6.16. The zero-order valence-corrected chi connectivity index (χ0v) is 13.6. The molecule has 23 heavy (non-hydrogen) atoms. The van der Waals surface area contributed by atoms with Gasteiger partial charge in [-0.2, -0.15) is 5.26 Å². The van der Waals surface area contributed by atoms with Crippen LogP contribution in [0.2, 0.25) is 0 Å². The first-order valence-corrected chi connectivity index (χ1v) is 8.11. The van der Waals surface area contributed by atoms with Crippen molar-refractivity contribution >= 4 is 5.91 Å². The summed E-state index contributed by atoms with van der Waals surface area (Å²) in [6.45, 7) is 0.599. The molecule has 1 amide bonds. The minimum absolute atomic E-state index is 0.00310. The van der Waals surface area contributed by atoms with E-state index < -0.39 is 0 Å². The maximum Gasteiger partial charge on any atom is 0.226 e. The zero-order valence-electron chi connectivity index (χ0n) is 13.6. The quantitative estimate of drug-likeness (QED) is 0.872. The van der Waals surface area contributed by atoms with Gasteiger partial charge in [0.15, 0.2) is 6.61 Å². The molecule has 1 aliphatic carbocycles. The standard InChI is InChI=1S/C18H24N2O3/c1-20(13-15-6-2-3-8-17(15)21)18(22)12-14-5-4-7-16(11-14)23-10-9-19/h4-5,7,11,15,17,21H,2-3,6,8,10,12-13H2,1H3. The lowest BCUT2D eigenvalue weighted by molar-refractivity contribution is -0.130. The van der Waals surface area contributed by atoms with Gasteiger partial charge in [0.25, 0.3) is 0 Å². The third-order valence-corrected chi connectivity index (χ3v) is 4.36. The fourth-order valence-corrected chi connectivity index (χ4v) is 3.03. The topological polar surface area (TPSA) is 73.6 Å². The summed E-state index contributed by atoms with van der Waals surface area (Å²) in [6, 6.07) is 9.18. The molecule has 0 radical (unpaired) electrons. The molecular weight excluding hydrogens is 292 g/mol. The smallest absolute Gasteiger partial charge is 0.226 e. The first kappa shape index (κ1) is 17.3. The highest BCUT2D eigenvalue weighted by molar-refractivity contribution is 5.78. The Morgan fingerprint density at radius 3 is 2.96 bits per heavy atom. The van der Waals surface area contributed by atoms with Crippen molar-refractivity contribution in [3.8, 4) is 11.8 Å². The van der Waals surface area contributed by atoms with Crippen molar-refractivity contribution in [3.63, 3.8) is 0 Å². The molecule has 124 valence electrons. The third-order valence-electron chi connectivity index (χ3n) is 4.36. The van der Waals surface area contributed by atoms with Gasteiger partial charge in [0.05, 0.1) is 12.5 Å². The molecule has 2 atom stereocenters. The Kier molecular flexibility index (Phi) is 6.42. The minimum Gasteiger partial charge on any atom is -0.479 e. The average molecular weight is 316 g/mol. The van der Waals surface area contributed by atoms with Crippen LogP contribution in [0.15, 0.2) is 24.3 Å². The van der Waals surface area contributed by atoms with Gasteiger partial charge in [0, 0.05) is 19.5 Å². The van der Waals surface area contributed by atoms with Gasteiger partial charge in [0.1, 0.15) is 11.8 Å². The summed E-state index contributed by atoms with van der Waals surface area (Å²) in [6.07, 6.45) is 4.03. The number of ether oxygens (including phenoxy) is 1. The maximum absolute atomic E-state index is 12.4. The number of amides is 1. The summed E-state index contributed by atoms with van der Waals surface area (Å²) in [4.78, 5) is 14.1. The predicted octanol–water partition coefficient (Wildman–Crippen LogP) is 2.14. The van der Waals surface area contributed by atoms with Crippen LogP contribution in [0, 0.1) is 17.2 Å². The van der Waals surface area contributed by atoms with Crippen molar-refractivity contribution in [3.05, 3.63) is 29.8 Å². The Labute approximate surface area is 137 Å². The summed E-state index contributed by atoms with van der Waals surface area (Å²) in [5, 5.41) is 18.6. The molecule has 0 saturated heterocycles. The molecular formula is C18H24N2O3. The van der Waals surface area contributed by atoms with Crippen LogP contribution in [-0.4, -0.2) is 42.2 Å². The molecule has 0 spiro atoms. The first-order valence-electron chi connectivity index (χ1n) is 8.11. The number of nitrogens with zero attached hydrogens (tertiary/aromatic N) is 2. The van der Waals surface area contributed by atoms with Gasteiger partial charge in [-0.05, 0) is 30.5 Å². The number of nitriles is 1. The number of hydrogen-bond donors (Lipinski definition) is 1. The number of hydrogen-bond acceptors (Lipinski definition) is 4. The number of benzene rings is 1. The second-order valence-corrected chi connectivity index (χ2v) is 6.16. The van der Waals surface area contributed by atoms with Crippen molar-refractivity contribution in [1.29, 1.82) is 5.26 Å². The molecule has 1 fully saturated rings. The van der Waals surface area contributed by atoms with Crippen LogP contribution in [0.1, 0.15) is 31.2 Å². The van der Waals surface area contributed by atoms with E-state index in [9.17, 15) is 9.90 Å². The Morgan fingerprint density at radius 2 is 2.22 bits per heavy atom. The van der Waals surface area contributed by atoms with Crippen LogP contribution in [-0.2, 0) is 11.2 Å². The summed E-state index contributed by atoms with van der Waals surface area (Å²) >= 11 is 0. The number of aliphatic hydroxyl groups excluding tert-OH is 1. The summed E-state index contributed by atoms with van der Waals surface area (Å²) in [5.41, 5.74) is 0.862. The highest BCUT2D eigenvalue weighted by atomic mass is 16.5. The summed E-state index contributed by atoms with van der Waals surface area (Å²) in [7, 11) is 1.79. The van der Waals surface area contributed by atoms with Gasteiger partial charge in [-0.1, -0.05) is 25.0 Å². The molecule has 0 heterocycles. The zero-order chi connectivity index (χ0) is 16.7. The normalized spacial score (nSPS) is 20.6. The second kappa shape index (κ2) is 8.54. The van der Waals surface area contributed by atoms with Crippen LogP contribution in [0.25, 0.3) is 0 Å². The number of rotatable bonds is 6. The van der Waals surface area contributed by atoms with Gasteiger partial charge >= 0.3 is 0 Å². The van der Waals surface area contributed by atoms with E-state index in [-0.39, 0.29) is 24.5 Å². The van der Waals surface area contributed by atoms with Gasteiger partial charge in [-0.15, -0.1) is 0 Å². The molecule has 2 rings (SSSR count). The maximum atomic E-state index is 12.4. The Morgan fingerprint density at radius 1 is 1.43 bits per heavy atom. The van der Waals surface area contributed by atoms with Crippen LogP contribution in [0.4, 0.5) is 0 Å². The van der Waals surface area contributed by atoms with E-state index in [0.717, 1.165) is 31.2 Å². The Bertz CT molecular complexity index is 568. The van der Waals surface area contributed by atoms with Gasteiger partial charge in [0.2, 0.25) is 5.91 Å². The van der Waals surface area contributed by atoms with Crippen molar-refractivity contribution in [2.45, 2.75) is 38.2 Å². The van der Waals surface area contributed by atoms with E-state index in [1.165, 1.54) is 0 Å². The molecule has 1 aromatic carbocycles. The van der Waals surface area contributed by atoms with Crippen LogP contribution in [0.3, 0.4) is 0 Å². The molecule has 2 unspecified atom stereocenters. The van der Waals surface area contributed by atoms with Crippen molar-refractivity contribution in [2.75, 3.05) is 20.2 Å². The fraction of sp³-hybridized carbons (Fsp3) is 0.556. The van der Waals surface area contributed by atoms with Gasteiger partial charge < -0.3 is 14.7 Å². The van der Waals surface area contributed by atoms with Crippen molar-refractivity contribution < 1.29 is 14.6 Å². The van der Waals surface area contributed by atoms with E-state index in [1.807, 2.05) is 18.2 Å². The lowest BCUT2D eigenvalue weighted by atomic mass is 9.86. The molecule has 5 nitrogen and oxygen atoms in total. The minimum atomic E-state index is -0.290. The lowest BCUT2D eigenvalue weighted by Crippen LogP contribution is -2.38. The summed E-state index contributed by atoms with van der Waals surface area (Å²) < 4.78 is 5.25. The molecule has 0 aliphatic heterocycles. The first-order chi connectivity index (χ1) is 11.1. The predicted molar refractivity (Wildman–Crippen MR) is 86.9 cm³/mol. The van der Waals surface area contributed by atoms with Crippen LogP contribution < -0.4 is 4.74 Å². The van der Waals surface area contributed by atoms with E-state index in [1.54, 1.807) is 24.1 Å². The van der Waals surface area contributed by atoms with Crippen LogP contribution in [0.5, 0.6) is 5.75 Å². The average Bonchev–Trinajstić information content (AvgIpc) is 2.55. The largest absolute Gasteiger partial charge is 0.479 e. The molecule has 0 bridgehead atoms. The van der Waals surface area contributed by atoms with Crippen molar-refractivity contribution in [1.82, 2.24) is 4.90 Å². The van der Waals surface area contributed by atoms with Crippen LogP contribution >= 0.6 is 0 Å². The highest BCUT2D eigenvalue weighted by Gasteiger charge is 2.25. The molecule has 5 heteroatoms. The molecule has 1 aliphatic rings. The van der Waals surface area contributed by atoms with Gasteiger partial charge in [-0.25, -0.2) is 0 Å². The highest BCUT2D eigenvalue weighted by Crippen LogP contribution is 2.25. The SMILES string of the molecule is CN(CC1CCCCC1O)C(=O)Cc1cccc(OCC#N)c1. The Balaban J connectivity index is 1.89. The lowest BCUT2D eigenvalue weighted by Gasteiger charge is -2.31. The number of carbonyl (C=O) groups excluding carboxylic acids is 1. The molecule has 1 saturated carbocycles. The molecule has 0 aromatic heterocycles. The number of aliphatic hydroxyl groups is 1. The molecule has 1 N–H and O–H groups in total. The monoisotopic (exact) mass is 316 g/mol. The Hall–Kier alpha value is -2.06. The molecule has 1 aromatic rings. The van der Waals surface area contributed by atoms with Crippen molar-refractivity contribution in [2.24, 2.45) is 5.92 Å². The number of likely N-dealkylation sites (N-methyl/N-ethyl adjacent to an activating group) is 1. The van der Waals surface area contributed by atoms with E-state index in [2.05, 4.69) is 0 Å². The fourth-order valence-electron chi connectivity index (χ4n) is 3.03. The van der Waals surface area contributed by atoms with Gasteiger partial charge in [-0.3, -0.25) is 4.79 Å². The summed E-state index contributed by atoms with van der Waals surface area (Å²) in [5.74, 6) is 0.811.